The third-order valence-electron chi connectivity index (χ3n) is 4.57. The molecule has 0 saturated heterocycles. The van der Waals surface area contributed by atoms with E-state index in [9.17, 15) is 4.79 Å². The van der Waals surface area contributed by atoms with E-state index in [1.807, 2.05) is 36.4 Å². The number of benzene rings is 2. The molecule has 8 nitrogen and oxygen atoms in total. The third kappa shape index (κ3) is 4.61. The maximum Gasteiger partial charge on any atom is 0.274 e. The second-order valence-electron chi connectivity index (χ2n) is 6.57. The monoisotopic (exact) mass is 482 g/mol. The molecule has 0 unspecified atom stereocenters. The van der Waals surface area contributed by atoms with Crippen molar-refractivity contribution >= 4 is 27.5 Å². The summed E-state index contributed by atoms with van der Waals surface area (Å²) >= 11 is 3.41. The minimum Gasteiger partial charge on any atom is -0.497 e. The second-order valence-corrected chi connectivity index (χ2v) is 7.48. The maximum absolute atomic E-state index is 12.7. The number of halogens is 1. The van der Waals surface area contributed by atoms with Crippen molar-refractivity contribution < 1.29 is 18.8 Å². The summed E-state index contributed by atoms with van der Waals surface area (Å²) in [5, 5.41) is 6.91. The van der Waals surface area contributed by atoms with Crippen molar-refractivity contribution in [2.24, 2.45) is 0 Å². The van der Waals surface area contributed by atoms with E-state index in [-0.39, 0.29) is 12.5 Å². The van der Waals surface area contributed by atoms with Crippen LogP contribution in [0.1, 0.15) is 0 Å². The molecule has 0 aliphatic rings. The summed E-state index contributed by atoms with van der Waals surface area (Å²) in [7, 11) is 3.10. The quantitative estimate of drug-likeness (QED) is 0.413. The molecule has 0 spiro atoms. The molecule has 1 N–H and O–H groups in total. The Morgan fingerprint density at radius 2 is 1.94 bits per heavy atom. The van der Waals surface area contributed by atoms with E-state index in [2.05, 4.69) is 31.4 Å². The Kier molecular flexibility index (Phi) is 6.03. The first-order valence-electron chi connectivity index (χ1n) is 9.34. The standard InChI is InChI=1S/C22H19BrN4O4/c1-29-16-9-10-17(19(12-16)30-2)24-20(28)13-27-11-3-4-18(27)22-25-21(26-31-22)14-5-7-15(23)8-6-14/h3-12H,13H2,1-2H3,(H,24,28). The van der Waals surface area contributed by atoms with Gasteiger partial charge < -0.3 is 23.9 Å². The molecular formula is C22H19BrN4O4. The Balaban J connectivity index is 1.50. The van der Waals surface area contributed by atoms with Gasteiger partial charge in [-0.2, -0.15) is 4.98 Å². The van der Waals surface area contributed by atoms with Crippen molar-refractivity contribution in [2.75, 3.05) is 19.5 Å². The molecule has 0 saturated carbocycles. The van der Waals surface area contributed by atoms with Gasteiger partial charge in [0.2, 0.25) is 11.7 Å². The average Bonchev–Trinajstić information content (AvgIpc) is 3.44. The van der Waals surface area contributed by atoms with Gasteiger partial charge in [-0.15, -0.1) is 0 Å². The first-order valence-corrected chi connectivity index (χ1v) is 10.1. The van der Waals surface area contributed by atoms with Gasteiger partial charge in [-0.25, -0.2) is 0 Å². The van der Waals surface area contributed by atoms with Crippen LogP contribution < -0.4 is 14.8 Å². The first kappa shape index (κ1) is 20.7. The molecule has 0 bridgehead atoms. The van der Waals surface area contributed by atoms with E-state index < -0.39 is 0 Å². The van der Waals surface area contributed by atoms with Crippen LogP contribution in [0.3, 0.4) is 0 Å². The van der Waals surface area contributed by atoms with Crippen molar-refractivity contribution in [3.8, 4) is 34.5 Å². The van der Waals surface area contributed by atoms with E-state index in [4.69, 9.17) is 14.0 Å². The Hall–Kier alpha value is -3.59. The van der Waals surface area contributed by atoms with Crippen molar-refractivity contribution in [3.05, 3.63) is 65.3 Å². The van der Waals surface area contributed by atoms with Gasteiger partial charge in [-0.3, -0.25) is 4.79 Å². The number of carbonyl (C=O) groups excluding carboxylic acids is 1. The predicted octanol–water partition coefficient (Wildman–Crippen LogP) is 4.62. The van der Waals surface area contributed by atoms with Crippen molar-refractivity contribution in [1.29, 1.82) is 0 Å². The average molecular weight is 483 g/mol. The van der Waals surface area contributed by atoms with Crippen LogP contribution in [0, 0.1) is 0 Å². The van der Waals surface area contributed by atoms with E-state index in [0.717, 1.165) is 10.0 Å². The predicted molar refractivity (Wildman–Crippen MR) is 119 cm³/mol. The number of carbonyl (C=O) groups is 1. The smallest absolute Gasteiger partial charge is 0.274 e. The number of methoxy groups -OCH3 is 2. The molecular weight excluding hydrogens is 464 g/mol. The molecule has 4 rings (SSSR count). The minimum absolute atomic E-state index is 0.0630. The molecule has 0 atom stereocenters. The number of nitrogens with one attached hydrogen (secondary N) is 1. The SMILES string of the molecule is COc1ccc(NC(=O)Cn2cccc2-c2nc(-c3ccc(Br)cc3)no2)c(OC)c1. The summed E-state index contributed by atoms with van der Waals surface area (Å²) in [6, 6.07) is 16.4. The Bertz CT molecular complexity index is 1200. The molecule has 2 aromatic carbocycles. The lowest BCUT2D eigenvalue weighted by molar-refractivity contribution is -0.116. The molecule has 2 heterocycles. The fraction of sp³-hybridized carbons (Fsp3) is 0.136. The van der Waals surface area contributed by atoms with Gasteiger partial charge in [0.1, 0.15) is 23.7 Å². The van der Waals surface area contributed by atoms with Gasteiger partial charge in [0, 0.05) is 22.3 Å². The Morgan fingerprint density at radius 1 is 1.13 bits per heavy atom. The molecule has 1 amide bonds. The van der Waals surface area contributed by atoms with E-state index in [1.165, 1.54) is 7.11 Å². The highest BCUT2D eigenvalue weighted by Gasteiger charge is 2.16. The lowest BCUT2D eigenvalue weighted by Crippen LogP contribution is -2.19. The zero-order valence-corrected chi connectivity index (χ0v) is 18.4. The number of amides is 1. The van der Waals surface area contributed by atoms with Crippen LogP contribution in [0.15, 0.2) is 69.8 Å². The number of rotatable bonds is 7. The molecule has 0 aliphatic carbocycles. The van der Waals surface area contributed by atoms with Gasteiger partial charge in [-0.1, -0.05) is 21.1 Å². The molecule has 0 fully saturated rings. The summed E-state index contributed by atoms with van der Waals surface area (Å²) < 4.78 is 18.7. The van der Waals surface area contributed by atoms with Crippen LogP contribution >= 0.6 is 15.9 Å². The van der Waals surface area contributed by atoms with Gasteiger partial charge in [0.05, 0.1) is 19.9 Å². The molecule has 31 heavy (non-hydrogen) atoms. The number of nitrogens with zero attached hydrogens (tertiary/aromatic N) is 3. The van der Waals surface area contributed by atoms with Gasteiger partial charge in [0.25, 0.3) is 5.89 Å². The van der Waals surface area contributed by atoms with Gasteiger partial charge in [-0.05, 0) is 48.5 Å². The summed E-state index contributed by atoms with van der Waals surface area (Å²) in [6.07, 6.45) is 1.78. The summed E-state index contributed by atoms with van der Waals surface area (Å²) in [4.78, 5) is 17.1. The van der Waals surface area contributed by atoms with Crippen LogP contribution in [-0.2, 0) is 11.3 Å². The molecule has 4 aromatic rings. The maximum atomic E-state index is 12.7. The second kappa shape index (κ2) is 9.05. The first-order chi connectivity index (χ1) is 15.1. The highest BCUT2D eigenvalue weighted by molar-refractivity contribution is 9.10. The Morgan fingerprint density at radius 3 is 2.68 bits per heavy atom. The topological polar surface area (TPSA) is 91.4 Å². The summed E-state index contributed by atoms with van der Waals surface area (Å²) in [5.74, 6) is 1.73. The number of aromatic nitrogens is 3. The lowest BCUT2D eigenvalue weighted by Gasteiger charge is -2.12. The van der Waals surface area contributed by atoms with Crippen molar-refractivity contribution in [1.82, 2.24) is 14.7 Å². The van der Waals surface area contributed by atoms with Crippen molar-refractivity contribution in [2.45, 2.75) is 6.54 Å². The largest absolute Gasteiger partial charge is 0.497 e. The molecule has 2 aromatic heterocycles. The fourth-order valence-electron chi connectivity index (χ4n) is 3.04. The van der Waals surface area contributed by atoms with Crippen LogP contribution in [0.5, 0.6) is 11.5 Å². The summed E-state index contributed by atoms with van der Waals surface area (Å²) in [6.45, 7) is 0.0630. The van der Waals surface area contributed by atoms with Crippen molar-refractivity contribution in [3.63, 3.8) is 0 Å². The minimum atomic E-state index is -0.228. The van der Waals surface area contributed by atoms with Crippen LogP contribution in [0.4, 0.5) is 5.69 Å². The number of hydrogen-bond donors (Lipinski definition) is 1. The number of hydrogen-bond acceptors (Lipinski definition) is 6. The zero-order valence-electron chi connectivity index (χ0n) is 16.8. The number of anilines is 1. The van der Waals surface area contributed by atoms with E-state index in [0.29, 0.717) is 34.6 Å². The highest BCUT2D eigenvalue weighted by atomic mass is 79.9. The van der Waals surface area contributed by atoms with Crippen LogP contribution in [0.2, 0.25) is 0 Å². The van der Waals surface area contributed by atoms with Crippen LogP contribution in [0.25, 0.3) is 23.0 Å². The Labute approximate surface area is 186 Å². The molecule has 9 heteroatoms. The molecule has 0 radical (unpaired) electrons. The molecule has 158 valence electrons. The van der Waals surface area contributed by atoms with E-state index >= 15 is 0 Å². The normalized spacial score (nSPS) is 10.7. The highest BCUT2D eigenvalue weighted by Crippen LogP contribution is 2.29. The third-order valence-corrected chi connectivity index (χ3v) is 5.10. The van der Waals surface area contributed by atoms with Gasteiger partial charge in [0.15, 0.2) is 0 Å². The van der Waals surface area contributed by atoms with Crippen LogP contribution in [-0.4, -0.2) is 34.8 Å². The zero-order chi connectivity index (χ0) is 21.8. The molecule has 0 aliphatic heterocycles. The van der Waals surface area contributed by atoms with Gasteiger partial charge >= 0.3 is 0 Å². The summed E-state index contributed by atoms with van der Waals surface area (Å²) in [5.41, 5.74) is 2.03. The van der Waals surface area contributed by atoms with E-state index in [1.54, 1.807) is 36.1 Å². The lowest BCUT2D eigenvalue weighted by atomic mass is 10.2. The fourth-order valence-corrected chi connectivity index (χ4v) is 3.30. The number of ether oxygens (including phenoxy) is 2.